The van der Waals surface area contributed by atoms with E-state index in [2.05, 4.69) is 56.5 Å². The van der Waals surface area contributed by atoms with E-state index in [-0.39, 0.29) is 38.8 Å². The van der Waals surface area contributed by atoms with Crippen LogP contribution in [0.2, 0.25) is 10.0 Å². The molecule has 0 spiro atoms. The molecule has 0 radical (unpaired) electrons. The zero-order valence-corrected chi connectivity index (χ0v) is 24.8. The summed E-state index contributed by atoms with van der Waals surface area (Å²) in [6, 6.07) is 14.1. The predicted octanol–water partition coefficient (Wildman–Crippen LogP) is 6.93. The number of rotatable bonds is 6. The Balaban J connectivity index is 1.69. The summed E-state index contributed by atoms with van der Waals surface area (Å²) in [5, 5.41) is 2.39. The van der Waals surface area contributed by atoms with Gasteiger partial charge in [0, 0.05) is 22.5 Å². The van der Waals surface area contributed by atoms with Crippen LogP contribution in [0.4, 0.5) is 0 Å². The molecule has 4 rings (SSSR count). The van der Waals surface area contributed by atoms with E-state index < -0.39 is 16.1 Å². The van der Waals surface area contributed by atoms with Crippen molar-refractivity contribution in [2.75, 3.05) is 13.1 Å². The molecule has 198 valence electrons. The minimum absolute atomic E-state index is 0.0158. The summed E-state index contributed by atoms with van der Waals surface area (Å²) >= 11 is 14.0. The number of carbonyl (C=O) groups excluding carboxylic acids is 1. The molecule has 0 unspecified atom stereocenters. The standard InChI is InChI=1S/C28H32Cl2N2O3S2/c1-18(2)32(37(34,35)25-16-21(29)10-11-23(25)30)17-26(33)31-14-12-24-22(13-15-36-24)27(31)19-6-8-20(9-7-19)28(3,4)5/h6-11,13,15-16,18,27H,12,14,17H2,1-5H3/t27-/m1/s1. The van der Waals surface area contributed by atoms with Gasteiger partial charge in [-0.25, -0.2) is 8.42 Å². The van der Waals surface area contributed by atoms with Crippen LogP contribution in [-0.2, 0) is 26.7 Å². The van der Waals surface area contributed by atoms with Crippen molar-refractivity contribution in [1.82, 2.24) is 9.21 Å². The normalized spacial score (nSPS) is 16.4. The van der Waals surface area contributed by atoms with E-state index in [0.29, 0.717) is 6.54 Å². The highest BCUT2D eigenvalue weighted by Crippen LogP contribution is 2.39. The van der Waals surface area contributed by atoms with Gasteiger partial charge in [0.05, 0.1) is 17.6 Å². The van der Waals surface area contributed by atoms with E-state index >= 15 is 0 Å². The number of hydrogen-bond acceptors (Lipinski definition) is 4. The lowest BCUT2D eigenvalue weighted by Crippen LogP contribution is -2.48. The van der Waals surface area contributed by atoms with Gasteiger partial charge in [0.25, 0.3) is 0 Å². The molecule has 1 aliphatic rings. The van der Waals surface area contributed by atoms with Gasteiger partial charge in [-0.3, -0.25) is 4.79 Å². The largest absolute Gasteiger partial charge is 0.330 e. The van der Waals surface area contributed by atoms with Gasteiger partial charge in [-0.2, -0.15) is 4.31 Å². The molecule has 9 heteroatoms. The van der Waals surface area contributed by atoms with E-state index in [9.17, 15) is 13.2 Å². The molecule has 2 aromatic carbocycles. The number of sulfonamides is 1. The Labute approximate surface area is 234 Å². The zero-order chi connectivity index (χ0) is 27.1. The Morgan fingerprint density at radius 1 is 1.11 bits per heavy atom. The Morgan fingerprint density at radius 3 is 2.41 bits per heavy atom. The Morgan fingerprint density at radius 2 is 1.78 bits per heavy atom. The molecular formula is C28H32Cl2N2O3S2. The van der Waals surface area contributed by atoms with Gasteiger partial charge in [-0.1, -0.05) is 68.2 Å². The van der Waals surface area contributed by atoms with Gasteiger partial charge in [0.2, 0.25) is 15.9 Å². The van der Waals surface area contributed by atoms with Crippen molar-refractivity contribution in [2.45, 2.75) is 63.4 Å². The first kappa shape index (κ1) is 28.1. The first-order valence-corrected chi connectivity index (χ1v) is 15.3. The van der Waals surface area contributed by atoms with E-state index in [1.807, 2.05) is 4.90 Å². The number of nitrogens with zero attached hydrogens (tertiary/aromatic N) is 2. The second kappa shape index (κ2) is 10.7. The number of fused-ring (bicyclic) bond motifs is 1. The number of carbonyl (C=O) groups is 1. The lowest BCUT2D eigenvalue weighted by Gasteiger charge is -2.38. The van der Waals surface area contributed by atoms with Crippen LogP contribution in [0.15, 0.2) is 58.8 Å². The first-order chi connectivity index (χ1) is 17.3. The molecule has 1 aromatic heterocycles. The topological polar surface area (TPSA) is 57.7 Å². The molecule has 0 saturated carbocycles. The lowest BCUT2D eigenvalue weighted by molar-refractivity contribution is -0.133. The number of hydrogen-bond donors (Lipinski definition) is 0. The summed E-state index contributed by atoms with van der Waals surface area (Å²) in [6.07, 6.45) is 0.740. The van der Waals surface area contributed by atoms with Gasteiger partial charge in [-0.05, 0) is 72.0 Å². The van der Waals surface area contributed by atoms with E-state index in [4.69, 9.17) is 23.2 Å². The van der Waals surface area contributed by atoms with Gasteiger partial charge in [-0.15, -0.1) is 11.3 Å². The highest BCUT2D eigenvalue weighted by Gasteiger charge is 2.37. The van der Waals surface area contributed by atoms with E-state index in [1.165, 1.54) is 32.9 Å². The fraction of sp³-hybridized carbons (Fsp3) is 0.393. The van der Waals surface area contributed by atoms with E-state index in [0.717, 1.165) is 17.5 Å². The van der Waals surface area contributed by atoms with Gasteiger partial charge >= 0.3 is 0 Å². The Bertz CT molecular complexity index is 1390. The number of thiophene rings is 1. The van der Waals surface area contributed by atoms with Crippen LogP contribution < -0.4 is 0 Å². The van der Waals surface area contributed by atoms with Crippen LogP contribution in [0, 0.1) is 0 Å². The number of benzene rings is 2. The first-order valence-electron chi connectivity index (χ1n) is 12.2. The molecule has 2 heterocycles. The molecule has 3 aromatic rings. The average Bonchev–Trinajstić information content (AvgIpc) is 3.31. The maximum atomic E-state index is 13.8. The van der Waals surface area contributed by atoms with Crippen molar-refractivity contribution in [3.63, 3.8) is 0 Å². The lowest BCUT2D eigenvalue weighted by atomic mass is 9.85. The van der Waals surface area contributed by atoms with Crippen molar-refractivity contribution < 1.29 is 13.2 Å². The van der Waals surface area contributed by atoms with Crippen molar-refractivity contribution >= 4 is 50.5 Å². The molecule has 1 amide bonds. The summed E-state index contributed by atoms with van der Waals surface area (Å²) in [4.78, 5) is 16.8. The number of amides is 1. The summed E-state index contributed by atoms with van der Waals surface area (Å²) in [5.74, 6) is -0.253. The van der Waals surface area contributed by atoms with Crippen molar-refractivity contribution in [3.05, 3.63) is 85.5 Å². The SMILES string of the molecule is CC(C)N(CC(=O)N1CCc2sccc2[C@H]1c1ccc(C(C)(C)C)cc1)S(=O)(=O)c1cc(Cl)ccc1Cl. The molecule has 0 saturated heterocycles. The van der Waals surface area contributed by atoms with Crippen LogP contribution in [0.5, 0.6) is 0 Å². The Kier molecular flexibility index (Phi) is 8.13. The highest BCUT2D eigenvalue weighted by molar-refractivity contribution is 7.89. The zero-order valence-electron chi connectivity index (χ0n) is 21.7. The maximum absolute atomic E-state index is 13.8. The summed E-state index contributed by atoms with van der Waals surface area (Å²) in [6.45, 7) is 10.2. The summed E-state index contributed by atoms with van der Waals surface area (Å²) in [5.41, 5.74) is 3.34. The average molecular weight is 580 g/mol. The second-order valence-electron chi connectivity index (χ2n) is 10.6. The van der Waals surface area contributed by atoms with Crippen LogP contribution in [0.25, 0.3) is 0 Å². The van der Waals surface area contributed by atoms with Gasteiger partial charge in [0.1, 0.15) is 4.90 Å². The third-order valence-electron chi connectivity index (χ3n) is 6.73. The fourth-order valence-electron chi connectivity index (χ4n) is 4.68. The fourth-order valence-corrected chi connectivity index (χ4v) is 7.91. The molecule has 0 aliphatic carbocycles. The van der Waals surface area contributed by atoms with Gasteiger partial charge < -0.3 is 4.90 Å². The van der Waals surface area contributed by atoms with Crippen molar-refractivity contribution in [3.8, 4) is 0 Å². The van der Waals surface area contributed by atoms with Crippen molar-refractivity contribution in [2.24, 2.45) is 0 Å². The minimum atomic E-state index is -4.07. The number of halogens is 2. The minimum Gasteiger partial charge on any atom is -0.330 e. The molecule has 1 aliphatic heterocycles. The van der Waals surface area contributed by atoms with Gasteiger partial charge in [0.15, 0.2) is 0 Å². The molecule has 37 heavy (non-hydrogen) atoms. The third-order valence-corrected chi connectivity index (χ3v) is 10.5. The summed E-state index contributed by atoms with van der Waals surface area (Å²) < 4.78 is 28.4. The monoisotopic (exact) mass is 578 g/mol. The maximum Gasteiger partial charge on any atom is 0.245 e. The van der Waals surface area contributed by atoms with E-state index in [1.54, 1.807) is 25.2 Å². The van der Waals surface area contributed by atoms with Crippen LogP contribution in [0.3, 0.4) is 0 Å². The van der Waals surface area contributed by atoms with Crippen LogP contribution >= 0.6 is 34.5 Å². The smallest absolute Gasteiger partial charge is 0.245 e. The molecule has 0 bridgehead atoms. The molecule has 0 N–H and O–H groups in total. The molecular weight excluding hydrogens is 547 g/mol. The van der Waals surface area contributed by atoms with Crippen LogP contribution in [-0.4, -0.2) is 42.7 Å². The molecule has 1 atom stereocenters. The Hall–Kier alpha value is -1.90. The summed E-state index contributed by atoms with van der Waals surface area (Å²) in [7, 11) is -4.07. The quantitative estimate of drug-likeness (QED) is 0.318. The predicted molar refractivity (Wildman–Crippen MR) is 152 cm³/mol. The molecule has 5 nitrogen and oxygen atoms in total. The highest BCUT2D eigenvalue weighted by atomic mass is 35.5. The third kappa shape index (κ3) is 5.76. The van der Waals surface area contributed by atoms with Crippen LogP contribution in [0.1, 0.15) is 62.2 Å². The molecule has 0 fully saturated rings. The van der Waals surface area contributed by atoms with Crippen molar-refractivity contribution in [1.29, 1.82) is 0 Å². The second-order valence-corrected chi connectivity index (χ2v) is 14.3.